The molecule has 120 valence electrons. The number of hydrogen-bond donors (Lipinski definition) is 0. The molecule has 3 fully saturated rings. The summed E-state index contributed by atoms with van der Waals surface area (Å²) in [4.78, 5) is 24.3. The molecule has 3 saturated carbocycles. The number of fused-ring (bicyclic) bond motifs is 5. The lowest BCUT2D eigenvalue weighted by atomic mass is 9.40. The topological polar surface area (TPSA) is 34.1 Å². The summed E-state index contributed by atoms with van der Waals surface area (Å²) in [6.45, 7) is 7.13. The molecule has 2 heteroatoms. The Bertz CT molecular complexity index is 589. The quantitative estimate of drug-likeness (QED) is 0.661. The monoisotopic (exact) mass is 300 g/mol. The van der Waals surface area contributed by atoms with Crippen LogP contribution in [0.2, 0.25) is 0 Å². The average molecular weight is 300 g/mol. The number of Topliss-reactive ketones (excluding diaryl/α,β-unsaturated/α-hetero) is 1. The number of carbonyl (C=O) groups excluding carboxylic acids is 2. The molecule has 0 aromatic heterocycles. The van der Waals surface area contributed by atoms with Crippen LogP contribution >= 0.6 is 0 Å². The molecule has 2 nitrogen and oxygen atoms in total. The van der Waals surface area contributed by atoms with Crippen LogP contribution in [0.1, 0.15) is 72.1 Å². The Balaban J connectivity index is 1.78. The molecule has 4 aliphatic rings. The molecule has 0 aliphatic heterocycles. The normalized spacial score (nSPS) is 51.0. The molecule has 0 amide bonds. The summed E-state index contributed by atoms with van der Waals surface area (Å²) in [6.07, 6.45) is 10.1. The van der Waals surface area contributed by atoms with Crippen LogP contribution in [0.15, 0.2) is 11.6 Å². The van der Waals surface area contributed by atoms with Crippen molar-refractivity contribution >= 4 is 11.6 Å². The number of allylic oxidation sites excluding steroid dienone is 1. The molecule has 0 aromatic rings. The fourth-order valence-electron chi connectivity index (χ4n) is 6.69. The standard InChI is InChI=1S/C20H28O2/c1-18-10-11-20(3)16(15(18)6-7-17(18)22)5-4-13-12-14(21)8-9-19(13,20)2/h12,15-16H,4-11H2,1-3H3/t15?,16?,18?,19?,20-/m0/s1. The second-order valence-corrected chi connectivity index (χ2v) is 9.02. The molecule has 0 saturated heterocycles. The number of hydrogen-bond acceptors (Lipinski definition) is 2. The lowest BCUT2D eigenvalue weighted by Crippen LogP contribution is -2.57. The van der Waals surface area contributed by atoms with E-state index in [1.165, 1.54) is 12.0 Å². The van der Waals surface area contributed by atoms with Gasteiger partial charge in [-0.05, 0) is 67.3 Å². The molecule has 4 aliphatic carbocycles. The highest BCUT2D eigenvalue weighted by Crippen LogP contribution is 2.70. The average Bonchev–Trinajstić information content (AvgIpc) is 2.77. The maximum Gasteiger partial charge on any atom is 0.155 e. The van der Waals surface area contributed by atoms with E-state index in [-0.39, 0.29) is 16.2 Å². The van der Waals surface area contributed by atoms with Gasteiger partial charge in [0.1, 0.15) is 5.78 Å². The van der Waals surface area contributed by atoms with Gasteiger partial charge >= 0.3 is 0 Å². The van der Waals surface area contributed by atoms with E-state index in [1.54, 1.807) is 0 Å². The first-order chi connectivity index (χ1) is 10.3. The largest absolute Gasteiger partial charge is 0.299 e. The van der Waals surface area contributed by atoms with Crippen molar-refractivity contribution in [2.24, 2.45) is 28.1 Å². The first-order valence-corrected chi connectivity index (χ1v) is 9.08. The number of carbonyl (C=O) groups is 2. The van der Waals surface area contributed by atoms with Gasteiger partial charge < -0.3 is 0 Å². The molecule has 5 atom stereocenters. The fraction of sp³-hybridized carbons (Fsp3) is 0.800. The van der Waals surface area contributed by atoms with Gasteiger partial charge in [-0.15, -0.1) is 0 Å². The molecular formula is C20H28O2. The summed E-state index contributed by atoms with van der Waals surface area (Å²) in [5.74, 6) is 2.08. The molecule has 0 radical (unpaired) electrons. The van der Waals surface area contributed by atoms with E-state index in [0.29, 0.717) is 29.8 Å². The summed E-state index contributed by atoms with van der Waals surface area (Å²) in [6, 6.07) is 0. The van der Waals surface area contributed by atoms with E-state index in [2.05, 4.69) is 20.8 Å². The Morgan fingerprint density at radius 1 is 0.909 bits per heavy atom. The van der Waals surface area contributed by atoms with Crippen LogP contribution in [0.4, 0.5) is 0 Å². The Morgan fingerprint density at radius 2 is 1.64 bits per heavy atom. The zero-order chi connectivity index (χ0) is 15.8. The van der Waals surface area contributed by atoms with E-state index < -0.39 is 0 Å². The molecule has 0 spiro atoms. The highest BCUT2D eigenvalue weighted by atomic mass is 16.1. The van der Waals surface area contributed by atoms with Crippen molar-refractivity contribution in [1.82, 2.24) is 0 Å². The smallest absolute Gasteiger partial charge is 0.155 e. The van der Waals surface area contributed by atoms with Crippen molar-refractivity contribution in [2.45, 2.75) is 72.1 Å². The van der Waals surface area contributed by atoms with E-state index >= 15 is 0 Å². The first-order valence-electron chi connectivity index (χ1n) is 9.08. The fourth-order valence-corrected chi connectivity index (χ4v) is 6.69. The van der Waals surface area contributed by atoms with Gasteiger partial charge in [-0.3, -0.25) is 9.59 Å². The summed E-state index contributed by atoms with van der Waals surface area (Å²) < 4.78 is 0. The van der Waals surface area contributed by atoms with Crippen molar-refractivity contribution in [3.05, 3.63) is 11.6 Å². The third-order valence-electron chi connectivity index (χ3n) is 8.51. The minimum atomic E-state index is -0.0494. The second kappa shape index (κ2) is 4.33. The third kappa shape index (κ3) is 1.57. The predicted octanol–water partition coefficient (Wildman–Crippen LogP) is 4.48. The lowest BCUT2D eigenvalue weighted by molar-refractivity contribution is -0.142. The van der Waals surface area contributed by atoms with Gasteiger partial charge in [-0.25, -0.2) is 0 Å². The molecule has 0 bridgehead atoms. The maximum atomic E-state index is 12.5. The zero-order valence-corrected chi connectivity index (χ0v) is 14.2. The van der Waals surface area contributed by atoms with E-state index in [4.69, 9.17) is 0 Å². The highest BCUT2D eigenvalue weighted by molar-refractivity contribution is 5.91. The van der Waals surface area contributed by atoms with Crippen LogP contribution in [0.25, 0.3) is 0 Å². The highest BCUT2D eigenvalue weighted by Gasteiger charge is 2.64. The summed E-state index contributed by atoms with van der Waals surface area (Å²) in [5.41, 5.74) is 1.81. The maximum absolute atomic E-state index is 12.5. The SMILES string of the molecule is CC12CC[C@@]3(C)C(CCC4=CC(=O)CCC43C)C1CCC2=O. The van der Waals surface area contributed by atoms with Crippen LogP contribution in [-0.2, 0) is 9.59 Å². The summed E-state index contributed by atoms with van der Waals surface area (Å²) >= 11 is 0. The van der Waals surface area contributed by atoms with Gasteiger partial charge in [-0.2, -0.15) is 0 Å². The minimum Gasteiger partial charge on any atom is -0.299 e. The predicted molar refractivity (Wildman–Crippen MR) is 86.3 cm³/mol. The van der Waals surface area contributed by atoms with Gasteiger partial charge in [0.25, 0.3) is 0 Å². The van der Waals surface area contributed by atoms with Crippen molar-refractivity contribution in [1.29, 1.82) is 0 Å². The van der Waals surface area contributed by atoms with Crippen molar-refractivity contribution in [2.75, 3.05) is 0 Å². The number of rotatable bonds is 0. The molecule has 4 rings (SSSR count). The molecular weight excluding hydrogens is 272 g/mol. The van der Waals surface area contributed by atoms with Crippen LogP contribution in [0.5, 0.6) is 0 Å². The first kappa shape index (κ1) is 14.7. The van der Waals surface area contributed by atoms with Gasteiger partial charge in [-0.1, -0.05) is 26.3 Å². The number of ketones is 2. The molecule has 0 heterocycles. The van der Waals surface area contributed by atoms with E-state index in [1.807, 2.05) is 6.08 Å². The van der Waals surface area contributed by atoms with E-state index in [9.17, 15) is 9.59 Å². The Labute approximate surface area is 133 Å². The third-order valence-corrected chi connectivity index (χ3v) is 8.51. The molecule has 0 aromatic carbocycles. The van der Waals surface area contributed by atoms with Crippen LogP contribution in [0.3, 0.4) is 0 Å². The Morgan fingerprint density at radius 3 is 2.41 bits per heavy atom. The molecule has 4 unspecified atom stereocenters. The van der Waals surface area contributed by atoms with Crippen LogP contribution in [-0.4, -0.2) is 11.6 Å². The summed E-state index contributed by atoms with van der Waals surface area (Å²) in [5, 5.41) is 0. The Hall–Kier alpha value is -0.920. The van der Waals surface area contributed by atoms with Gasteiger partial charge in [0.2, 0.25) is 0 Å². The lowest BCUT2D eigenvalue weighted by Gasteiger charge is -2.63. The second-order valence-electron chi connectivity index (χ2n) is 9.02. The molecule has 0 N–H and O–H groups in total. The van der Waals surface area contributed by atoms with Gasteiger partial charge in [0.15, 0.2) is 5.78 Å². The van der Waals surface area contributed by atoms with Gasteiger partial charge in [0, 0.05) is 18.3 Å². The minimum absolute atomic E-state index is 0.0494. The van der Waals surface area contributed by atoms with Gasteiger partial charge in [0.05, 0.1) is 0 Å². The van der Waals surface area contributed by atoms with Crippen LogP contribution in [0, 0.1) is 28.1 Å². The van der Waals surface area contributed by atoms with Crippen molar-refractivity contribution in [3.8, 4) is 0 Å². The van der Waals surface area contributed by atoms with Crippen LogP contribution < -0.4 is 0 Å². The zero-order valence-electron chi connectivity index (χ0n) is 14.2. The Kier molecular flexibility index (Phi) is 2.89. The molecule has 22 heavy (non-hydrogen) atoms. The van der Waals surface area contributed by atoms with Crippen molar-refractivity contribution < 1.29 is 9.59 Å². The summed E-state index contributed by atoms with van der Waals surface area (Å²) in [7, 11) is 0. The van der Waals surface area contributed by atoms with Crippen molar-refractivity contribution in [3.63, 3.8) is 0 Å². The van der Waals surface area contributed by atoms with E-state index in [0.717, 1.165) is 38.5 Å².